The number of aromatic nitrogens is 2. The number of rotatable bonds is 2. The number of halogens is 3. The Morgan fingerprint density at radius 2 is 1.83 bits per heavy atom. The first-order chi connectivity index (χ1) is 8.43. The van der Waals surface area contributed by atoms with Crippen LogP contribution in [0.5, 0.6) is 0 Å². The van der Waals surface area contributed by atoms with E-state index >= 15 is 0 Å². The molecule has 18 heavy (non-hydrogen) atoms. The van der Waals surface area contributed by atoms with Crippen LogP contribution in [0.4, 0.5) is 19.0 Å². The van der Waals surface area contributed by atoms with Gasteiger partial charge in [-0.2, -0.15) is 18.3 Å². The summed E-state index contributed by atoms with van der Waals surface area (Å²) in [5.74, 6) is 0.206. The van der Waals surface area contributed by atoms with Gasteiger partial charge in [-0.3, -0.25) is 0 Å². The zero-order chi connectivity index (χ0) is 13.3. The molecule has 0 fully saturated rings. The van der Waals surface area contributed by atoms with Gasteiger partial charge >= 0.3 is 6.18 Å². The number of anilines is 1. The van der Waals surface area contributed by atoms with Crippen LogP contribution in [0.1, 0.15) is 11.1 Å². The summed E-state index contributed by atoms with van der Waals surface area (Å²) in [6.45, 7) is -0.271. The highest BCUT2D eigenvalue weighted by atomic mass is 19.4. The van der Waals surface area contributed by atoms with Crippen LogP contribution in [-0.4, -0.2) is 14.9 Å². The highest BCUT2D eigenvalue weighted by molar-refractivity contribution is 5.47. The van der Waals surface area contributed by atoms with Crippen molar-refractivity contribution in [2.75, 3.05) is 5.73 Å². The van der Waals surface area contributed by atoms with Crippen molar-refractivity contribution in [3.63, 3.8) is 0 Å². The molecule has 0 atom stereocenters. The maximum absolute atomic E-state index is 12.4. The summed E-state index contributed by atoms with van der Waals surface area (Å²) in [6, 6.07) is 4.45. The molecule has 0 bridgehead atoms. The molecule has 0 aliphatic heterocycles. The van der Waals surface area contributed by atoms with Crippen molar-refractivity contribution in [2.24, 2.45) is 0 Å². The predicted molar refractivity (Wildman–Crippen MR) is 58.9 cm³/mol. The molecule has 0 aliphatic rings. The van der Waals surface area contributed by atoms with Crippen LogP contribution in [0.15, 0.2) is 30.5 Å². The summed E-state index contributed by atoms with van der Waals surface area (Å²) < 4.78 is 38.4. The van der Waals surface area contributed by atoms with Crippen LogP contribution in [-0.2, 0) is 12.8 Å². The van der Waals surface area contributed by atoms with E-state index in [1.54, 1.807) is 0 Å². The van der Waals surface area contributed by atoms with Gasteiger partial charge in [0.1, 0.15) is 5.82 Å². The first kappa shape index (κ1) is 12.4. The minimum atomic E-state index is -4.37. The fraction of sp³-hybridized carbons (Fsp3) is 0.182. The first-order valence-electron chi connectivity index (χ1n) is 5.04. The minimum absolute atomic E-state index is 0.206. The second kappa shape index (κ2) is 4.34. The maximum atomic E-state index is 12.4. The molecular formula is C11H10F3N3O. The van der Waals surface area contributed by atoms with E-state index in [9.17, 15) is 13.2 Å². The molecular weight excluding hydrogens is 247 g/mol. The topological polar surface area (TPSA) is 64.1 Å². The van der Waals surface area contributed by atoms with Crippen molar-refractivity contribution in [3.8, 4) is 5.69 Å². The number of benzene rings is 1. The van der Waals surface area contributed by atoms with E-state index in [1.165, 1.54) is 23.0 Å². The molecule has 1 aromatic heterocycles. The summed E-state index contributed by atoms with van der Waals surface area (Å²) in [6.07, 6.45) is -3.00. The molecule has 1 aromatic carbocycles. The monoisotopic (exact) mass is 257 g/mol. The Morgan fingerprint density at radius 3 is 2.28 bits per heavy atom. The molecule has 4 nitrogen and oxygen atoms in total. The molecule has 0 saturated carbocycles. The third-order valence-electron chi connectivity index (χ3n) is 2.50. The molecule has 0 radical (unpaired) electrons. The van der Waals surface area contributed by atoms with Gasteiger partial charge in [0.05, 0.1) is 24.1 Å². The predicted octanol–water partition coefficient (Wildman–Crippen LogP) is 1.97. The zero-order valence-electron chi connectivity index (χ0n) is 9.15. The van der Waals surface area contributed by atoms with Crippen LogP contribution in [0.3, 0.4) is 0 Å². The summed E-state index contributed by atoms with van der Waals surface area (Å²) in [4.78, 5) is 0. The Balaban J connectivity index is 2.37. The van der Waals surface area contributed by atoms with Gasteiger partial charge in [-0.1, -0.05) is 0 Å². The van der Waals surface area contributed by atoms with Gasteiger partial charge in [-0.25, -0.2) is 4.68 Å². The average Bonchev–Trinajstić information content (AvgIpc) is 2.69. The Labute approximate surface area is 100 Å². The van der Waals surface area contributed by atoms with E-state index in [0.29, 0.717) is 11.3 Å². The van der Waals surface area contributed by atoms with E-state index in [-0.39, 0.29) is 12.4 Å². The van der Waals surface area contributed by atoms with Crippen molar-refractivity contribution in [1.29, 1.82) is 0 Å². The van der Waals surface area contributed by atoms with Gasteiger partial charge in [-0.05, 0) is 24.3 Å². The van der Waals surface area contributed by atoms with Crippen LogP contribution >= 0.6 is 0 Å². The number of nitrogen functional groups attached to an aromatic ring is 1. The Morgan fingerprint density at radius 1 is 1.22 bits per heavy atom. The number of hydrogen-bond acceptors (Lipinski definition) is 3. The SMILES string of the molecule is Nc1c(CO)cnn1-c1ccc(C(F)(F)F)cc1. The summed E-state index contributed by atoms with van der Waals surface area (Å²) >= 11 is 0. The third-order valence-corrected chi connectivity index (χ3v) is 2.50. The molecule has 3 N–H and O–H groups in total. The van der Waals surface area contributed by atoms with Crippen molar-refractivity contribution in [3.05, 3.63) is 41.6 Å². The number of nitrogens with zero attached hydrogens (tertiary/aromatic N) is 2. The molecule has 0 saturated heterocycles. The van der Waals surface area contributed by atoms with E-state index in [0.717, 1.165) is 12.1 Å². The molecule has 0 spiro atoms. The van der Waals surface area contributed by atoms with E-state index in [2.05, 4.69) is 5.10 Å². The molecule has 7 heteroatoms. The summed E-state index contributed by atoms with van der Waals surface area (Å²) in [5.41, 5.74) is 5.78. The number of hydrogen-bond donors (Lipinski definition) is 2. The number of nitrogens with two attached hydrogens (primary N) is 1. The van der Waals surface area contributed by atoms with Crippen molar-refractivity contribution in [1.82, 2.24) is 9.78 Å². The smallest absolute Gasteiger partial charge is 0.391 e. The van der Waals surface area contributed by atoms with Crippen LogP contribution < -0.4 is 5.73 Å². The van der Waals surface area contributed by atoms with Crippen molar-refractivity contribution < 1.29 is 18.3 Å². The minimum Gasteiger partial charge on any atom is -0.391 e. The second-order valence-electron chi connectivity index (χ2n) is 3.67. The van der Waals surface area contributed by atoms with E-state index < -0.39 is 11.7 Å². The van der Waals surface area contributed by atoms with E-state index in [4.69, 9.17) is 10.8 Å². The Kier molecular flexibility index (Phi) is 3.00. The molecule has 1 heterocycles. The van der Waals surface area contributed by atoms with Crippen molar-refractivity contribution in [2.45, 2.75) is 12.8 Å². The quantitative estimate of drug-likeness (QED) is 0.864. The lowest BCUT2D eigenvalue weighted by molar-refractivity contribution is -0.137. The van der Waals surface area contributed by atoms with E-state index in [1.807, 2.05) is 0 Å². The fourth-order valence-electron chi connectivity index (χ4n) is 1.51. The highest BCUT2D eigenvalue weighted by Gasteiger charge is 2.30. The molecule has 2 rings (SSSR count). The Bertz CT molecular complexity index is 546. The zero-order valence-corrected chi connectivity index (χ0v) is 9.15. The van der Waals surface area contributed by atoms with Crippen LogP contribution in [0.25, 0.3) is 5.69 Å². The highest BCUT2D eigenvalue weighted by Crippen LogP contribution is 2.29. The third kappa shape index (κ3) is 2.17. The lowest BCUT2D eigenvalue weighted by atomic mass is 10.2. The summed E-state index contributed by atoms with van der Waals surface area (Å²) in [7, 11) is 0. The first-order valence-corrected chi connectivity index (χ1v) is 5.04. The number of alkyl halides is 3. The van der Waals surface area contributed by atoms with Crippen LogP contribution in [0.2, 0.25) is 0 Å². The fourth-order valence-corrected chi connectivity index (χ4v) is 1.51. The normalized spacial score (nSPS) is 11.8. The molecule has 96 valence electrons. The van der Waals surface area contributed by atoms with Gasteiger partial charge in [0.25, 0.3) is 0 Å². The average molecular weight is 257 g/mol. The van der Waals surface area contributed by atoms with Gasteiger partial charge in [0, 0.05) is 5.56 Å². The number of aliphatic hydroxyl groups excluding tert-OH is 1. The maximum Gasteiger partial charge on any atom is 0.416 e. The molecule has 2 aromatic rings. The summed E-state index contributed by atoms with van der Waals surface area (Å²) in [5, 5.41) is 12.8. The Hall–Kier alpha value is -2.02. The van der Waals surface area contributed by atoms with Crippen LogP contribution in [0, 0.1) is 0 Å². The standard InChI is InChI=1S/C11H10F3N3O/c12-11(13,14)8-1-3-9(4-2-8)17-10(15)7(6-18)5-16-17/h1-5,18H,6,15H2. The molecule has 0 amide bonds. The second-order valence-corrected chi connectivity index (χ2v) is 3.67. The number of aliphatic hydroxyl groups is 1. The van der Waals surface area contributed by atoms with Crippen molar-refractivity contribution >= 4 is 5.82 Å². The molecule has 0 unspecified atom stereocenters. The van der Waals surface area contributed by atoms with Gasteiger partial charge in [0.15, 0.2) is 0 Å². The van der Waals surface area contributed by atoms with Gasteiger partial charge < -0.3 is 10.8 Å². The lowest BCUT2D eigenvalue weighted by Gasteiger charge is -2.08. The van der Waals surface area contributed by atoms with Gasteiger partial charge in [-0.15, -0.1) is 0 Å². The lowest BCUT2D eigenvalue weighted by Crippen LogP contribution is -2.06. The largest absolute Gasteiger partial charge is 0.416 e. The molecule has 0 aliphatic carbocycles. The van der Waals surface area contributed by atoms with Gasteiger partial charge in [0.2, 0.25) is 0 Å².